The molecule has 0 fully saturated rings. The molecule has 0 spiro atoms. The SMILES string of the molecule is C[C-](C)C.C[C](C)=[Zr].Cl.Cl.[C-]1=CC=CC1.[c-]1cc2ccccc2[nH]1. The molecule has 1 heterocycles. The van der Waals surface area contributed by atoms with Crippen molar-refractivity contribution in [2.45, 2.75) is 41.0 Å². The molecule has 1 aliphatic carbocycles. The van der Waals surface area contributed by atoms with Crippen LogP contribution in [0.15, 0.2) is 48.6 Å². The zero-order valence-corrected chi connectivity index (χ0v) is 19.2. The smallest absolute Gasteiger partial charge is 0.0745 e. The number of aromatic amines is 1. The molecule has 0 atom stereocenters. The number of fused-ring (bicyclic) bond motifs is 1. The monoisotopic (exact) mass is 442 g/mol. The van der Waals surface area contributed by atoms with Crippen molar-refractivity contribution in [1.82, 2.24) is 4.98 Å². The van der Waals surface area contributed by atoms with Gasteiger partial charge in [-0.25, -0.2) is 12.2 Å². The maximum absolute atomic E-state index is 2.99. The number of rotatable bonds is 0. The average molecular weight is 445 g/mol. The van der Waals surface area contributed by atoms with Crippen LogP contribution >= 0.6 is 24.8 Å². The Hall–Kier alpha value is -0.427. The third-order valence-electron chi connectivity index (χ3n) is 1.98. The summed E-state index contributed by atoms with van der Waals surface area (Å²) in [6.45, 7) is 10.5. The fraction of sp³-hybridized carbons (Fsp3) is 0.300. The number of para-hydroxylation sites is 1. The number of aromatic nitrogens is 1. The van der Waals surface area contributed by atoms with Crippen LogP contribution in [0.4, 0.5) is 0 Å². The summed E-state index contributed by atoms with van der Waals surface area (Å²) in [5.74, 6) is 1.42. The van der Waals surface area contributed by atoms with Crippen molar-refractivity contribution >= 4 is 38.9 Å². The third kappa shape index (κ3) is 19.6. The first-order chi connectivity index (χ1) is 10.4. The van der Waals surface area contributed by atoms with Crippen LogP contribution in [-0.2, 0) is 24.2 Å². The predicted molar refractivity (Wildman–Crippen MR) is 110 cm³/mol. The summed E-state index contributed by atoms with van der Waals surface area (Å²) in [6.07, 6.45) is 12.9. The van der Waals surface area contributed by atoms with E-state index < -0.39 is 0 Å². The second kappa shape index (κ2) is 18.9. The third-order valence-corrected chi connectivity index (χ3v) is 1.98. The molecule has 0 saturated carbocycles. The molecule has 1 nitrogen and oxygen atoms in total. The van der Waals surface area contributed by atoms with Crippen molar-refractivity contribution in [1.29, 1.82) is 0 Å². The van der Waals surface area contributed by atoms with Gasteiger partial charge < -0.3 is 10.9 Å². The Bertz CT molecular complexity index is 539. The van der Waals surface area contributed by atoms with E-state index in [1.165, 1.54) is 14.5 Å². The summed E-state index contributed by atoms with van der Waals surface area (Å²) >= 11 is 1.55. The molecule has 1 aromatic heterocycles. The summed E-state index contributed by atoms with van der Waals surface area (Å²) in [6, 6.07) is 10.1. The topological polar surface area (TPSA) is 15.8 Å². The van der Waals surface area contributed by atoms with E-state index in [9.17, 15) is 0 Å². The van der Waals surface area contributed by atoms with Gasteiger partial charge in [0.1, 0.15) is 0 Å². The molecule has 3 rings (SSSR count). The quantitative estimate of drug-likeness (QED) is 0.448. The van der Waals surface area contributed by atoms with Gasteiger partial charge >= 0.3 is 41.3 Å². The normalized spacial score (nSPS) is 10.0. The largest absolute Gasteiger partial charge is 0.477 e. The molecule has 0 bridgehead atoms. The summed E-state index contributed by atoms with van der Waals surface area (Å²) in [7, 11) is 0. The van der Waals surface area contributed by atoms with Crippen LogP contribution in [0.3, 0.4) is 0 Å². The summed E-state index contributed by atoms with van der Waals surface area (Å²) in [4.78, 5) is 2.99. The first-order valence-electron chi connectivity index (χ1n) is 7.37. The van der Waals surface area contributed by atoms with Gasteiger partial charge in [0, 0.05) is 0 Å². The van der Waals surface area contributed by atoms with E-state index in [2.05, 4.69) is 64.0 Å². The van der Waals surface area contributed by atoms with Gasteiger partial charge in [-0.1, -0.05) is 12.1 Å². The van der Waals surface area contributed by atoms with Gasteiger partial charge in [0.15, 0.2) is 0 Å². The van der Waals surface area contributed by atoms with E-state index in [1.54, 1.807) is 24.2 Å². The summed E-state index contributed by atoms with van der Waals surface area (Å²) in [5, 5.41) is 1.22. The second-order valence-electron chi connectivity index (χ2n) is 5.50. The Morgan fingerprint density at radius 1 is 1.12 bits per heavy atom. The molecule has 0 amide bonds. The molecule has 0 aliphatic heterocycles. The molecule has 134 valence electrons. The number of benzene rings is 1. The number of halogens is 2. The van der Waals surface area contributed by atoms with Crippen molar-refractivity contribution in [2.75, 3.05) is 0 Å². The van der Waals surface area contributed by atoms with Gasteiger partial charge in [-0.05, 0) is 0 Å². The molecule has 1 aliphatic rings. The zero-order chi connectivity index (χ0) is 16.8. The van der Waals surface area contributed by atoms with Gasteiger partial charge in [0.05, 0.1) is 0 Å². The standard InChI is InChI=1S/C8H6N.C5H5.C4H9.C3H6.2ClH.Zr/c1-2-4-8-7(3-1)5-6-9-8;1-2-4-5-3-1;1-4(2)3;1-3-2;;;/h1-5,9H;1-3H,4H2;1-3H3;1-2H3;2*1H;/q3*-1;;;;. The number of hydrogen-bond acceptors (Lipinski definition) is 0. The van der Waals surface area contributed by atoms with Crippen molar-refractivity contribution in [2.24, 2.45) is 0 Å². The van der Waals surface area contributed by atoms with Gasteiger partial charge in [0.2, 0.25) is 0 Å². The van der Waals surface area contributed by atoms with E-state index >= 15 is 0 Å². The number of hydrogen-bond donors (Lipinski definition) is 1. The average Bonchev–Trinajstić information content (AvgIpc) is 3.12. The van der Waals surface area contributed by atoms with Gasteiger partial charge in [0.25, 0.3) is 0 Å². The fourth-order valence-corrected chi connectivity index (χ4v) is 1.27. The minimum Gasteiger partial charge on any atom is -0.477 e. The maximum atomic E-state index is 2.99. The van der Waals surface area contributed by atoms with E-state index in [-0.39, 0.29) is 24.8 Å². The van der Waals surface area contributed by atoms with Crippen LogP contribution in [0.25, 0.3) is 10.9 Å². The minimum absolute atomic E-state index is 0. The summed E-state index contributed by atoms with van der Waals surface area (Å²) in [5.41, 5.74) is 1.15. The Balaban J connectivity index is -0.000000258. The van der Waals surface area contributed by atoms with Crippen molar-refractivity contribution < 1.29 is 24.2 Å². The van der Waals surface area contributed by atoms with E-state index in [0.29, 0.717) is 0 Å². The molecular formula is C20H28Cl2NZr-3. The zero-order valence-electron chi connectivity index (χ0n) is 15.1. The van der Waals surface area contributed by atoms with E-state index in [4.69, 9.17) is 0 Å². The second-order valence-corrected chi connectivity index (χ2v) is 7.96. The Morgan fingerprint density at radius 3 is 2.04 bits per heavy atom. The minimum atomic E-state index is 0. The Morgan fingerprint density at radius 2 is 1.67 bits per heavy atom. The number of allylic oxidation sites excluding steroid dienone is 4. The van der Waals surface area contributed by atoms with Crippen molar-refractivity contribution in [3.05, 3.63) is 66.8 Å². The molecule has 0 unspecified atom stereocenters. The Kier molecular flexibility index (Phi) is 22.4. The molecule has 1 N–H and O–H groups in total. The first kappa shape index (κ1) is 28.4. The molecule has 4 heteroatoms. The number of H-pyrrole nitrogens is 1. The Labute approximate surface area is 175 Å². The van der Waals surface area contributed by atoms with Gasteiger partial charge in [-0.2, -0.15) is 38.3 Å². The van der Waals surface area contributed by atoms with Crippen molar-refractivity contribution in [3.63, 3.8) is 0 Å². The van der Waals surface area contributed by atoms with Gasteiger partial charge in [-0.15, -0.1) is 55.1 Å². The fourth-order valence-electron chi connectivity index (χ4n) is 1.27. The van der Waals surface area contributed by atoms with Crippen LogP contribution in [0, 0.1) is 18.2 Å². The maximum Gasteiger partial charge on any atom is -0.0745 e. The van der Waals surface area contributed by atoms with Crippen LogP contribution in [0.2, 0.25) is 0 Å². The predicted octanol–water partition coefficient (Wildman–Crippen LogP) is 6.48. The van der Waals surface area contributed by atoms with Crippen molar-refractivity contribution in [3.8, 4) is 0 Å². The molecule has 24 heavy (non-hydrogen) atoms. The molecule has 0 radical (unpaired) electrons. The number of nitrogens with one attached hydrogen (secondary N) is 1. The van der Waals surface area contributed by atoms with Crippen LogP contribution < -0.4 is 0 Å². The molecule has 2 aromatic rings. The van der Waals surface area contributed by atoms with Crippen LogP contribution in [0.1, 0.15) is 41.0 Å². The van der Waals surface area contributed by atoms with Gasteiger partial charge in [-0.3, -0.25) is 6.08 Å². The molecule has 1 aromatic carbocycles. The first-order valence-corrected chi connectivity index (χ1v) is 8.60. The van der Waals surface area contributed by atoms with E-state index in [1.807, 2.05) is 36.4 Å². The molecular weight excluding hydrogens is 416 g/mol. The summed E-state index contributed by atoms with van der Waals surface area (Å²) < 4.78 is 1.51. The molecule has 0 saturated heterocycles. The van der Waals surface area contributed by atoms with E-state index in [0.717, 1.165) is 11.9 Å². The van der Waals surface area contributed by atoms with Crippen LogP contribution in [-0.4, -0.2) is 8.19 Å². The van der Waals surface area contributed by atoms with Crippen LogP contribution in [0.5, 0.6) is 0 Å².